The second-order valence-electron chi connectivity index (χ2n) is 3.70. The maximum absolute atomic E-state index is 11.2. The number of ketones is 1. The van der Waals surface area contributed by atoms with Crippen LogP contribution < -0.4 is 0 Å². The van der Waals surface area contributed by atoms with E-state index < -0.39 is 0 Å². The highest BCUT2D eigenvalue weighted by Crippen LogP contribution is 2.33. The fourth-order valence-electron chi connectivity index (χ4n) is 1.66. The zero-order valence-electron chi connectivity index (χ0n) is 9.29. The van der Waals surface area contributed by atoms with Gasteiger partial charge in [-0.15, -0.1) is 0 Å². The molecule has 15 heavy (non-hydrogen) atoms. The summed E-state index contributed by atoms with van der Waals surface area (Å²) in [5.74, 6) is -0.157. The van der Waals surface area contributed by atoms with E-state index in [0.29, 0.717) is 12.0 Å². The van der Waals surface area contributed by atoms with Crippen molar-refractivity contribution in [3.63, 3.8) is 0 Å². The molecule has 0 heterocycles. The number of hydrogen-bond donors (Lipinski definition) is 2. The molecule has 0 aliphatic heterocycles. The summed E-state index contributed by atoms with van der Waals surface area (Å²) >= 11 is 0. The number of benzene rings is 1. The lowest BCUT2D eigenvalue weighted by atomic mass is 9.97. The van der Waals surface area contributed by atoms with Crippen LogP contribution >= 0.6 is 0 Å². The van der Waals surface area contributed by atoms with Crippen LogP contribution in [0.3, 0.4) is 0 Å². The zero-order valence-corrected chi connectivity index (χ0v) is 9.29. The molecular formula is C12H16O3. The first kappa shape index (κ1) is 11.6. The molecule has 1 aromatic carbocycles. The predicted molar refractivity (Wildman–Crippen MR) is 58.5 cm³/mol. The largest absolute Gasteiger partial charge is 0.508 e. The Bertz CT molecular complexity index is 394. The van der Waals surface area contributed by atoms with Crippen LogP contribution in [0.25, 0.3) is 0 Å². The van der Waals surface area contributed by atoms with Gasteiger partial charge in [0, 0.05) is 5.56 Å². The summed E-state index contributed by atoms with van der Waals surface area (Å²) in [5, 5.41) is 19.5. The Hall–Kier alpha value is -1.51. The Morgan fingerprint density at radius 1 is 1.40 bits per heavy atom. The minimum atomic E-state index is -0.242. The average Bonchev–Trinajstić information content (AvgIpc) is 2.18. The highest BCUT2D eigenvalue weighted by molar-refractivity contribution is 5.97. The molecule has 0 aliphatic carbocycles. The average molecular weight is 208 g/mol. The SMILES string of the molecule is CCCc1c(O)cc(C(C)=O)c(O)c1C. The first-order chi connectivity index (χ1) is 6.99. The molecule has 0 aromatic heterocycles. The van der Waals surface area contributed by atoms with Crippen molar-refractivity contribution in [3.8, 4) is 11.5 Å². The molecular weight excluding hydrogens is 192 g/mol. The molecule has 2 N–H and O–H groups in total. The van der Waals surface area contributed by atoms with Crippen molar-refractivity contribution in [1.82, 2.24) is 0 Å². The van der Waals surface area contributed by atoms with Crippen LogP contribution in [-0.4, -0.2) is 16.0 Å². The van der Waals surface area contributed by atoms with E-state index in [1.54, 1.807) is 6.92 Å². The fraction of sp³-hybridized carbons (Fsp3) is 0.417. The standard InChI is InChI=1S/C12H16O3/c1-4-5-9-7(2)12(15)10(8(3)13)6-11(9)14/h6,14-15H,4-5H2,1-3H3. The summed E-state index contributed by atoms with van der Waals surface area (Å²) in [6.07, 6.45) is 1.58. The van der Waals surface area contributed by atoms with Gasteiger partial charge in [0.2, 0.25) is 0 Å². The lowest BCUT2D eigenvalue weighted by molar-refractivity contribution is 0.101. The minimum Gasteiger partial charge on any atom is -0.508 e. The zero-order chi connectivity index (χ0) is 11.6. The topological polar surface area (TPSA) is 57.5 Å². The van der Waals surface area contributed by atoms with E-state index in [2.05, 4.69) is 0 Å². The van der Waals surface area contributed by atoms with Crippen LogP contribution in [0, 0.1) is 6.92 Å². The van der Waals surface area contributed by atoms with Crippen molar-refractivity contribution >= 4 is 5.78 Å². The summed E-state index contributed by atoms with van der Waals surface area (Å²) in [4.78, 5) is 11.2. The fourth-order valence-corrected chi connectivity index (χ4v) is 1.66. The quantitative estimate of drug-likeness (QED) is 0.593. The molecule has 0 atom stereocenters. The highest BCUT2D eigenvalue weighted by Gasteiger charge is 2.15. The van der Waals surface area contributed by atoms with E-state index in [1.165, 1.54) is 13.0 Å². The van der Waals surface area contributed by atoms with Crippen LogP contribution in [0.2, 0.25) is 0 Å². The molecule has 1 rings (SSSR count). The summed E-state index contributed by atoms with van der Waals surface area (Å²) in [5.41, 5.74) is 1.51. The Morgan fingerprint density at radius 3 is 2.47 bits per heavy atom. The van der Waals surface area contributed by atoms with E-state index in [4.69, 9.17) is 0 Å². The summed E-state index contributed by atoms with van der Waals surface area (Å²) in [6, 6.07) is 1.34. The van der Waals surface area contributed by atoms with Gasteiger partial charge in [0.25, 0.3) is 0 Å². The first-order valence-electron chi connectivity index (χ1n) is 5.04. The van der Waals surface area contributed by atoms with Gasteiger partial charge in [-0.05, 0) is 31.9 Å². The van der Waals surface area contributed by atoms with Crippen LogP contribution in [-0.2, 0) is 6.42 Å². The summed E-state index contributed by atoms with van der Waals surface area (Å²) in [7, 11) is 0. The first-order valence-corrected chi connectivity index (χ1v) is 5.04. The molecule has 0 amide bonds. The van der Waals surface area contributed by atoms with Gasteiger partial charge in [-0.3, -0.25) is 4.79 Å². The van der Waals surface area contributed by atoms with E-state index >= 15 is 0 Å². The second-order valence-corrected chi connectivity index (χ2v) is 3.70. The van der Waals surface area contributed by atoms with E-state index in [-0.39, 0.29) is 22.8 Å². The molecule has 0 aliphatic rings. The molecule has 1 aromatic rings. The molecule has 0 fully saturated rings. The Balaban J connectivity index is 3.37. The second kappa shape index (κ2) is 4.34. The van der Waals surface area contributed by atoms with Gasteiger partial charge in [0.1, 0.15) is 11.5 Å². The Morgan fingerprint density at radius 2 is 2.00 bits per heavy atom. The number of Topliss-reactive ketones (excluding diaryl/α,β-unsaturated/α-hetero) is 1. The molecule has 0 saturated carbocycles. The third kappa shape index (κ3) is 2.12. The molecule has 82 valence electrons. The van der Waals surface area contributed by atoms with E-state index in [1.807, 2.05) is 6.92 Å². The molecule has 0 spiro atoms. The molecule has 0 saturated heterocycles. The molecule has 3 nitrogen and oxygen atoms in total. The van der Waals surface area contributed by atoms with Crippen molar-refractivity contribution in [2.24, 2.45) is 0 Å². The number of aromatic hydroxyl groups is 2. The summed E-state index contributed by atoms with van der Waals surface area (Å²) < 4.78 is 0. The van der Waals surface area contributed by atoms with Crippen molar-refractivity contribution in [1.29, 1.82) is 0 Å². The number of phenols is 2. The third-order valence-electron chi connectivity index (χ3n) is 2.53. The Kier molecular flexibility index (Phi) is 3.35. The van der Waals surface area contributed by atoms with Gasteiger partial charge < -0.3 is 10.2 Å². The van der Waals surface area contributed by atoms with Crippen molar-refractivity contribution in [2.75, 3.05) is 0 Å². The van der Waals surface area contributed by atoms with Crippen LogP contribution in [0.4, 0.5) is 0 Å². The van der Waals surface area contributed by atoms with Gasteiger partial charge in [-0.25, -0.2) is 0 Å². The van der Waals surface area contributed by atoms with Crippen LogP contribution in [0.1, 0.15) is 41.8 Å². The predicted octanol–water partition coefficient (Wildman–Crippen LogP) is 2.56. The van der Waals surface area contributed by atoms with Gasteiger partial charge in [0.15, 0.2) is 5.78 Å². The van der Waals surface area contributed by atoms with Gasteiger partial charge in [0.05, 0.1) is 5.56 Å². The summed E-state index contributed by atoms with van der Waals surface area (Å²) in [6.45, 7) is 5.08. The van der Waals surface area contributed by atoms with Gasteiger partial charge in [-0.2, -0.15) is 0 Å². The van der Waals surface area contributed by atoms with Crippen LogP contribution in [0.15, 0.2) is 6.07 Å². The highest BCUT2D eigenvalue weighted by atomic mass is 16.3. The number of phenolic OH excluding ortho intramolecular Hbond substituents is 2. The lowest BCUT2D eigenvalue weighted by Crippen LogP contribution is -1.98. The number of carbonyl (C=O) groups is 1. The normalized spacial score (nSPS) is 10.3. The van der Waals surface area contributed by atoms with Gasteiger partial charge in [-0.1, -0.05) is 13.3 Å². The molecule has 3 heteroatoms. The third-order valence-corrected chi connectivity index (χ3v) is 2.53. The van der Waals surface area contributed by atoms with Crippen molar-refractivity contribution < 1.29 is 15.0 Å². The van der Waals surface area contributed by atoms with Gasteiger partial charge >= 0.3 is 0 Å². The molecule has 0 bridgehead atoms. The maximum Gasteiger partial charge on any atom is 0.163 e. The maximum atomic E-state index is 11.2. The lowest BCUT2D eigenvalue weighted by Gasteiger charge is -2.12. The van der Waals surface area contributed by atoms with E-state index in [0.717, 1.165) is 12.0 Å². The monoisotopic (exact) mass is 208 g/mol. The smallest absolute Gasteiger partial charge is 0.163 e. The minimum absolute atomic E-state index is 0.0104. The van der Waals surface area contributed by atoms with E-state index in [9.17, 15) is 15.0 Å². The number of carbonyl (C=O) groups excluding carboxylic acids is 1. The number of hydrogen-bond acceptors (Lipinski definition) is 3. The van der Waals surface area contributed by atoms with Crippen molar-refractivity contribution in [2.45, 2.75) is 33.6 Å². The van der Waals surface area contributed by atoms with Crippen LogP contribution in [0.5, 0.6) is 11.5 Å². The van der Waals surface area contributed by atoms with Crippen molar-refractivity contribution in [3.05, 3.63) is 22.8 Å². The molecule has 0 radical (unpaired) electrons. The molecule has 0 unspecified atom stereocenters. The number of rotatable bonds is 3. The Labute approximate surface area is 89.4 Å².